The molecule has 0 spiro atoms. The highest BCUT2D eigenvalue weighted by molar-refractivity contribution is 6.15. The van der Waals surface area contributed by atoms with E-state index in [1.165, 1.54) is 0 Å². The number of hydrogen-bond donors (Lipinski definition) is 3. The largest absolute Gasteiger partial charge is 0.496 e. The first-order valence-electron chi connectivity index (χ1n) is 10.2. The van der Waals surface area contributed by atoms with Gasteiger partial charge in [0, 0.05) is 35.4 Å². The van der Waals surface area contributed by atoms with Gasteiger partial charge in [0.1, 0.15) is 17.4 Å². The highest BCUT2D eigenvalue weighted by Crippen LogP contribution is 2.28. The fraction of sp³-hybridized carbons (Fsp3) is 0.273. The minimum Gasteiger partial charge on any atom is -0.496 e. The van der Waals surface area contributed by atoms with Crippen LogP contribution < -0.4 is 20.7 Å². The maximum atomic E-state index is 12.0. The van der Waals surface area contributed by atoms with Gasteiger partial charge in [-0.15, -0.1) is 0 Å². The van der Waals surface area contributed by atoms with E-state index < -0.39 is 0 Å². The van der Waals surface area contributed by atoms with Gasteiger partial charge in [0.15, 0.2) is 5.65 Å². The predicted molar refractivity (Wildman–Crippen MR) is 116 cm³/mol. The van der Waals surface area contributed by atoms with Gasteiger partial charge in [0.2, 0.25) is 5.91 Å². The van der Waals surface area contributed by atoms with E-state index in [4.69, 9.17) is 9.72 Å². The molecule has 0 radical (unpaired) electrons. The Morgan fingerprint density at radius 3 is 2.87 bits per heavy atom. The number of nitrogens with zero attached hydrogens (tertiary/aromatic N) is 3. The molecule has 3 heterocycles. The molecule has 1 saturated heterocycles. The van der Waals surface area contributed by atoms with Crippen molar-refractivity contribution >= 4 is 35.2 Å². The van der Waals surface area contributed by atoms with Crippen molar-refractivity contribution in [2.45, 2.75) is 31.8 Å². The number of aromatic nitrogens is 3. The zero-order chi connectivity index (χ0) is 21.4. The maximum Gasteiger partial charge on any atom is 0.254 e. The van der Waals surface area contributed by atoms with E-state index in [0.29, 0.717) is 35.2 Å². The Labute approximate surface area is 178 Å². The molecule has 1 aromatic carbocycles. The molecule has 1 aliphatic carbocycles. The van der Waals surface area contributed by atoms with Crippen molar-refractivity contribution < 1.29 is 14.3 Å². The lowest BCUT2D eigenvalue weighted by atomic mass is 10.1. The molecular formula is C22H22N6O3. The first kappa shape index (κ1) is 19.1. The van der Waals surface area contributed by atoms with Gasteiger partial charge in [0.25, 0.3) is 5.91 Å². The average molecular weight is 418 g/mol. The summed E-state index contributed by atoms with van der Waals surface area (Å²) in [6, 6.07) is 10.2. The number of benzene rings is 1. The van der Waals surface area contributed by atoms with E-state index in [1.807, 2.05) is 30.3 Å². The first-order valence-corrected chi connectivity index (χ1v) is 10.2. The lowest BCUT2D eigenvalue weighted by molar-refractivity contribution is -0.124. The van der Waals surface area contributed by atoms with Crippen molar-refractivity contribution in [1.82, 2.24) is 19.9 Å². The SMILES string of the molecule is COc1ccccc1CNc1cc(NC2CC2)n2ncc(/C=C3\CC(=O)NC3=O)c2n1. The second kappa shape index (κ2) is 7.75. The van der Waals surface area contributed by atoms with Gasteiger partial charge in [-0.2, -0.15) is 9.61 Å². The van der Waals surface area contributed by atoms with Crippen LogP contribution in [0.3, 0.4) is 0 Å². The van der Waals surface area contributed by atoms with E-state index in [1.54, 1.807) is 23.9 Å². The molecule has 0 unspecified atom stereocenters. The monoisotopic (exact) mass is 418 g/mol. The number of rotatable bonds is 7. The van der Waals surface area contributed by atoms with Crippen LogP contribution in [0.4, 0.5) is 11.6 Å². The predicted octanol–water partition coefficient (Wildman–Crippen LogP) is 2.35. The van der Waals surface area contributed by atoms with Crippen LogP contribution in [-0.2, 0) is 16.1 Å². The van der Waals surface area contributed by atoms with Crippen LogP contribution in [0, 0.1) is 0 Å². The summed E-state index contributed by atoms with van der Waals surface area (Å²) in [4.78, 5) is 28.2. The summed E-state index contributed by atoms with van der Waals surface area (Å²) in [6.45, 7) is 0.539. The number of fused-ring (bicyclic) bond motifs is 1. The molecule has 1 aliphatic heterocycles. The number of amides is 2. The van der Waals surface area contributed by atoms with Crippen molar-refractivity contribution in [2.24, 2.45) is 0 Å². The molecule has 2 amide bonds. The molecule has 2 aromatic heterocycles. The van der Waals surface area contributed by atoms with Gasteiger partial charge < -0.3 is 15.4 Å². The molecular weight excluding hydrogens is 396 g/mol. The third kappa shape index (κ3) is 3.94. The maximum absolute atomic E-state index is 12.0. The van der Waals surface area contributed by atoms with Crippen LogP contribution in [0.15, 0.2) is 42.1 Å². The Kier molecular flexibility index (Phi) is 4.78. The molecule has 0 bridgehead atoms. The van der Waals surface area contributed by atoms with Crippen molar-refractivity contribution in [3.05, 3.63) is 53.2 Å². The topological polar surface area (TPSA) is 110 Å². The van der Waals surface area contributed by atoms with Crippen molar-refractivity contribution in [1.29, 1.82) is 0 Å². The fourth-order valence-corrected chi connectivity index (χ4v) is 3.56. The summed E-state index contributed by atoms with van der Waals surface area (Å²) in [5.74, 6) is 1.64. The molecule has 31 heavy (non-hydrogen) atoms. The zero-order valence-electron chi connectivity index (χ0n) is 17.0. The number of methoxy groups -OCH3 is 1. The number of imide groups is 1. The second-order valence-corrected chi connectivity index (χ2v) is 7.67. The Morgan fingerprint density at radius 2 is 2.13 bits per heavy atom. The summed E-state index contributed by atoms with van der Waals surface area (Å²) in [5.41, 5.74) is 2.71. The normalized spacial score (nSPS) is 17.3. The Balaban J connectivity index is 1.50. The summed E-state index contributed by atoms with van der Waals surface area (Å²) < 4.78 is 7.16. The molecule has 3 aromatic rings. The highest BCUT2D eigenvalue weighted by Gasteiger charge is 2.25. The molecule has 3 N–H and O–H groups in total. The number of hydrogen-bond acceptors (Lipinski definition) is 7. The smallest absolute Gasteiger partial charge is 0.254 e. The number of anilines is 2. The van der Waals surface area contributed by atoms with Gasteiger partial charge in [-0.1, -0.05) is 18.2 Å². The van der Waals surface area contributed by atoms with Crippen LogP contribution in [0.1, 0.15) is 30.4 Å². The van der Waals surface area contributed by atoms with E-state index >= 15 is 0 Å². The third-order valence-electron chi connectivity index (χ3n) is 5.31. The molecule has 2 aliphatic rings. The summed E-state index contributed by atoms with van der Waals surface area (Å²) in [5, 5.41) is 13.6. The molecule has 158 valence electrons. The fourth-order valence-electron chi connectivity index (χ4n) is 3.56. The van der Waals surface area contributed by atoms with Gasteiger partial charge in [-0.3, -0.25) is 14.9 Å². The van der Waals surface area contributed by atoms with Crippen LogP contribution in [0.25, 0.3) is 11.7 Å². The van der Waals surface area contributed by atoms with Crippen molar-refractivity contribution in [2.75, 3.05) is 17.7 Å². The minimum atomic E-state index is -0.369. The van der Waals surface area contributed by atoms with Crippen LogP contribution in [0.5, 0.6) is 5.75 Å². The molecule has 0 atom stereocenters. The standard InChI is InChI=1S/C22H22N6O3/c1-31-17-5-3-2-4-13(17)11-23-18-10-19(25-16-6-7-16)28-21(26-18)15(12-24-28)8-14-9-20(29)27-22(14)30/h2-5,8,10,12,16,25H,6-7,9,11H2,1H3,(H,23,26)(H,27,29,30)/b14-8+. The molecule has 5 rings (SSSR count). The molecule has 9 nitrogen and oxygen atoms in total. The quantitative estimate of drug-likeness (QED) is 0.399. The molecule has 2 fully saturated rings. The lowest BCUT2D eigenvalue weighted by Gasteiger charge is -2.13. The summed E-state index contributed by atoms with van der Waals surface area (Å²) >= 11 is 0. The number of carbonyl (C=O) groups excluding carboxylic acids is 2. The highest BCUT2D eigenvalue weighted by atomic mass is 16.5. The molecule has 9 heteroatoms. The molecule has 1 saturated carbocycles. The average Bonchev–Trinajstić information content (AvgIpc) is 3.41. The van der Waals surface area contributed by atoms with E-state index in [0.717, 1.165) is 30.0 Å². The summed E-state index contributed by atoms with van der Waals surface area (Å²) in [6.07, 6.45) is 5.64. The second-order valence-electron chi connectivity index (χ2n) is 7.67. The van der Waals surface area contributed by atoms with Gasteiger partial charge in [-0.05, 0) is 25.0 Å². The number of ether oxygens (including phenoxy) is 1. The Hall–Kier alpha value is -3.88. The van der Waals surface area contributed by atoms with Gasteiger partial charge in [0.05, 0.1) is 19.7 Å². The number of carbonyl (C=O) groups is 2. The Morgan fingerprint density at radius 1 is 1.29 bits per heavy atom. The summed E-state index contributed by atoms with van der Waals surface area (Å²) in [7, 11) is 1.65. The third-order valence-corrected chi connectivity index (χ3v) is 5.31. The van der Waals surface area contributed by atoms with Gasteiger partial charge in [-0.25, -0.2) is 4.98 Å². The van der Waals surface area contributed by atoms with Crippen LogP contribution in [0.2, 0.25) is 0 Å². The number of nitrogens with one attached hydrogen (secondary N) is 3. The zero-order valence-corrected chi connectivity index (χ0v) is 17.0. The van der Waals surface area contributed by atoms with E-state index in [-0.39, 0.29) is 18.2 Å². The van der Waals surface area contributed by atoms with Gasteiger partial charge >= 0.3 is 0 Å². The van der Waals surface area contributed by atoms with Crippen molar-refractivity contribution in [3.8, 4) is 5.75 Å². The van der Waals surface area contributed by atoms with Crippen LogP contribution in [-0.4, -0.2) is 39.6 Å². The van der Waals surface area contributed by atoms with E-state index in [9.17, 15) is 9.59 Å². The van der Waals surface area contributed by atoms with Crippen LogP contribution >= 0.6 is 0 Å². The lowest BCUT2D eigenvalue weighted by Crippen LogP contribution is -2.19. The van der Waals surface area contributed by atoms with Crippen molar-refractivity contribution in [3.63, 3.8) is 0 Å². The Bertz CT molecular complexity index is 1210. The number of para-hydroxylation sites is 1. The first-order chi connectivity index (χ1) is 15.1. The van der Waals surface area contributed by atoms with E-state index in [2.05, 4.69) is 21.0 Å². The minimum absolute atomic E-state index is 0.0646.